The van der Waals surface area contributed by atoms with Crippen LogP contribution < -0.4 is 4.72 Å². The Hall–Kier alpha value is -0.510. The Morgan fingerprint density at radius 2 is 2.19 bits per heavy atom. The Bertz CT molecular complexity index is 604. The summed E-state index contributed by atoms with van der Waals surface area (Å²) in [5, 5.41) is 10.1. The first kappa shape index (κ1) is 12.0. The maximum Gasteiger partial charge on any atom is 0.274 e. The molecule has 2 aromatic rings. The van der Waals surface area contributed by atoms with Crippen molar-refractivity contribution >= 4 is 53.8 Å². The predicted molar refractivity (Wildman–Crippen MR) is 67.5 cm³/mol. The molecule has 5 nitrogen and oxygen atoms in total. The van der Waals surface area contributed by atoms with Gasteiger partial charge in [0.1, 0.15) is 5.01 Å². The van der Waals surface area contributed by atoms with Crippen LogP contribution in [-0.2, 0) is 10.0 Å². The number of nitrogens with zero attached hydrogens (tertiary/aromatic N) is 2. The van der Waals surface area contributed by atoms with Crippen LogP contribution in [-0.4, -0.2) is 18.6 Å². The van der Waals surface area contributed by atoms with Crippen molar-refractivity contribution in [3.8, 4) is 0 Å². The summed E-state index contributed by atoms with van der Waals surface area (Å²) in [6, 6.07) is 1.69. The summed E-state index contributed by atoms with van der Waals surface area (Å²) in [4.78, 5) is 0. The number of hydrogen-bond acceptors (Lipinski definition) is 6. The minimum Gasteiger partial charge on any atom is -0.252 e. The van der Waals surface area contributed by atoms with Gasteiger partial charge in [0.05, 0.1) is 0 Å². The zero-order valence-corrected chi connectivity index (χ0v) is 12.0. The van der Waals surface area contributed by atoms with Crippen LogP contribution in [0.1, 0.15) is 5.01 Å². The monoisotopic (exact) mass is 339 g/mol. The predicted octanol–water partition coefficient (Wildman–Crippen LogP) is 2.47. The van der Waals surface area contributed by atoms with E-state index in [0.29, 0.717) is 9.48 Å². The lowest BCUT2D eigenvalue weighted by Gasteiger charge is -2.01. The fourth-order valence-corrected chi connectivity index (χ4v) is 5.13. The first-order chi connectivity index (χ1) is 7.49. The summed E-state index contributed by atoms with van der Waals surface area (Å²) in [6.07, 6.45) is 0. The van der Waals surface area contributed by atoms with Gasteiger partial charge in [0, 0.05) is 4.47 Å². The van der Waals surface area contributed by atoms with Crippen LogP contribution in [0.2, 0.25) is 0 Å². The normalized spacial score (nSPS) is 11.6. The van der Waals surface area contributed by atoms with Crippen LogP contribution in [0, 0.1) is 6.92 Å². The number of nitrogens with one attached hydrogen (secondary N) is 1. The summed E-state index contributed by atoms with van der Waals surface area (Å²) in [7, 11) is -3.56. The number of rotatable bonds is 3. The van der Waals surface area contributed by atoms with Gasteiger partial charge in [-0.05, 0) is 34.3 Å². The molecule has 0 saturated carbocycles. The summed E-state index contributed by atoms with van der Waals surface area (Å²) < 4.78 is 27.0. The van der Waals surface area contributed by atoms with Crippen molar-refractivity contribution in [1.29, 1.82) is 0 Å². The fraction of sp³-hybridized carbons (Fsp3) is 0.143. The van der Waals surface area contributed by atoms with Crippen molar-refractivity contribution in [2.75, 3.05) is 4.72 Å². The van der Waals surface area contributed by atoms with E-state index in [0.717, 1.165) is 11.3 Å². The van der Waals surface area contributed by atoms with Crippen molar-refractivity contribution in [1.82, 2.24) is 10.2 Å². The Balaban J connectivity index is 2.31. The van der Waals surface area contributed by atoms with E-state index in [4.69, 9.17) is 0 Å². The molecule has 0 spiro atoms. The van der Waals surface area contributed by atoms with Gasteiger partial charge in [0.2, 0.25) is 5.13 Å². The van der Waals surface area contributed by atoms with E-state index >= 15 is 0 Å². The van der Waals surface area contributed by atoms with Crippen molar-refractivity contribution in [2.24, 2.45) is 0 Å². The molecule has 0 aliphatic carbocycles. The maximum absolute atomic E-state index is 11.9. The number of anilines is 1. The van der Waals surface area contributed by atoms with Gasteiger partial charge in [-0.3, -0.25) is 4.72 Å². The molecule has 0 aliphatic heterocycles. The molecule has 0 unspecified atom stereocenters. The molecule has 0 amide bonds. The highest BCUT2D eigenvalue weighted by Gasteiger charge is 2.20. The molecule has 0 aromatic carbocycles. The quantitative estimate of drug-likeness (QED) is 0.932. The van der Waals surface area contributed by atoms with Gasteiger partial charge in [-0.15, -0.1) is 21.5 Å². The topological polar surface area (TPSA) is 72.0 Å². The van der Waals surface area contributed by atoms with Gasteiger partial charge in [-0.1, -0.05) is 11.3 Å². The number of aromatic nitrogens is 2. The Labute approximate surface area is 109 Å². The summed E-state index contributed by atoms with van der Waals surface area (Å²) >= 11 is 5.52. The van der Waals surface area contributed by atoms with E-state index in [-0.39, 0.29) is 9.34 Å². The number of hydrogen-bond donors (Lipinski definition) is 1. The van der Waals surface area contributed by atoms with E-state index in [9.17, 15) is 8.42 Å². The van der Waals surface area contributed by atoms with Crippen molar-refractivity contribution in [3.05, 3.63) is 20.9 Å². The van der Waals surface area contributed by atoms with Gasteiger partial charge in [0.15, 0.2) is 4.21 Å². The number of halogens is 1. The summed E-state index contributed by atoms with van der Waals surface area (Å²) in [5.74, 6) is 0. The van der Waals surface area contributed by atoms with E-state index in [2.05, 4.69) is 30.8 Å². The van der Waals surface area contributed by atoms with Gasteiger partial charge in [0.25, 0.3) is 10.0 Å². The SMILES string of the molecule is Cc1nnc(NS(=O)(=O)c2sccc2Br)s1. The van der Waals surface area contributed by atoms with Crippen LogP contribution in [0.15, 0.2) is 20.1 Å². The second kappa shape index (κ2) is 4.40. The molecule has 86 valence electrons. The minimum atomic E-state index is -3.56. The van der Waals surface area contributed by atoms with Gasteiger partial charge >= 0.3 is 0 Å². The highest BCUT2D eigenvalue weighted by molar-refractivity contribution is 9.10. The number of sulfonamides is 1. The molecule has 1 N–H and O–H groups in total. The Morgan fingerprint density at radius 1 is 1.44 bits per heavy atom. The zero-order valence-electron chi connectivity index (χ0n) is 7.97. The molecule has 9 heteroatoms. The second-order valence-corrected chi connectivity index (χ2v) is 7.62. The van der Waals surface area contributed by atoms with E-state index in [1.807, 2.05) is 0 Å². The van der Waals surface area contributed by atoms with E-state index < -0.39 is 10.0 Å². The van der Waals surface area contributed by atoms with E-state index in [1.165, 1.54) is 11.3 Å². The van der Waals surface area contributed by atoms with Crippen molar-refractivity contribution < 1.29 is 8.42 Å². The number of thiophene rings is 1. The second-order valence-electron chi connectivity index (χ2n) is 2.79. The molecule has 2 aromatic heterocycles. The molecule has 0 saturated heterocycles. The maximum atomic E-state index is 11.9. The molecule has 0 aliphatic rings. The lowest BCUT2D eigenvalue weighted by atomic mass is 10.7. The lowest BCUT2D eigenvalue weighted by Crippen LogP contribution is -2.11. The first-order valence-corrected chi connectivity index (χ1v) is 8.02. The third-order valence-corrected chi connectivity index (χ3v) is 6.47. The van der Waals surface area contributed by atoms with Crippen LogP contribution in [0.5, 0.6) is 0 Å². The zero-order chi connectivity index (χ0) is 11.8. The fourth-order valence-electron chi connectivity index (χ4n) is 0.971. The third kappa shape index (κ3) is 2.42. The molecule has 0 radical (unpaired) electrons. The third-order valence-electron chi connectivity index (χ3n) is 1.58. The lowest BCUT2D eigenvalue weighted by molar-refractivity contribution is 0.602. The average molecular weight is 340 g/mol. The van der Waals surface area contributed by atoms with Crippen molar-refractivity contribution in [2.45, 2.75) is 11.1 Å². The van der Waals surface area contributed by atoms with Gasteiger partial charge in [-0.25, -0.2) is 8.42 Å². The number of aryl methyl sites for hydroxylation is 1. The van der Waals surface area contributed by atoms with Crippen LogP contribution in [0.3, 0.4) is 0 Å². The van der Waals surface area contributed by atoms with Crippen LogP contribution in [0.4, 0.5) is 5.13 Å². The largest absolute Gasteiger partial charge is 0.274 e. The highest BCUT2D eigenvalue weighted by atomic mass is 79.9. The molecule has 0 fully saturated rings. The standard InChI is InChI=1S/C7H6BrN3O2S3/c1-4-9-10-7(15-4)11-16(12,13)6-5(8)2-3-14-6/h2-3H,1H3,(H,10,11). The molecular weight excluding hydrogens is 334 g/mol. The van der Waals surface area contributed by atoms with Gasteiger partial charge in [-0.2, -0.15) is 0 Å². The van der Waals surface area contributed by atoms with Crippen LogP contribution >= 0.6 is 38.6 Å². The van der Waals surface area contributed by atoms with Crippen LogP contribution in [0.25, 0.3) is 0 Å². The molecule has 0 atom stereocenters. The Kier molecular flexibility index (Phi) is 3.29. The summed E-state index contributed by atoms with van der Waals surface area (Å²) in [6.45, 7) is 1.76. The minimum absolute atomic E-state index is 0.236. The van der Waals surface area contributed by atoms with Gasteiger partial charge < -0.3 is 0 Å². The molecule has 0 bridgehead atoms. The van der Waals surface area contributed by atoms with Crippen molar-refractivity contribution in [3.63, 3.8) is 0 Å². The molecular formula is C7H6BrN3O2S3. The Morgan fingerprint density at radius 3 is 2.69 bits per heavy atom. The molecule has 2 heterocycles. The highest BCUT2D eigenvalue weighted by Crippen LogP contribution is 2.29. The average Bonchev–Trinajstić information content (AvgIpc) is 2.74. The first-order valence-electron chi connectivity index (χ1n) is 4.05. The van der Waals surface area contributed by atoms with E-state index in [1.54, 1.807) is 18.4 Å². The summed E-state index contributed by atoms with van der Waals surface area (Å²) in [5.41, 5.74) is 0. The molecule has 2 rings (SSSR count). The smallest absolute Gasteiger partial charge is 0.252 e. The molecule has 16 heavy (non-hydrogen) atoms.